The first-order chi connectivity index (χ1) is 7.38. The van der Waals surface area contributed by atoms with Gasteiger partial charge in [-0.05, 0) is 12.1 Å². The molecular formula is C12H10O3. The van der Waals surface area contributed by atoms with Crippen LogP contribution in [0.3, 0.4) is 0 Å². The van der Waals surface area contributed by atoms with Crippen molar-refractivity contribution in [2.75, 3.05) is 7.11 Å². The fourth-order valence-electron chi connectivity index (χ4n) is 1.77. The molecule has 1 aromatic heterocycles. The summed E-state index contributed by atoms with van der Waals surface area (Å²) in [6.45, 7) is 0.541. The molecule has 0 amide bonds. The van der Waals surface area contributed by atoms with Crippen LogP contribution in [-0.2, 0) is 6.61 Å². The highest BCUT2D eigenvalue weighted by Gasteiger charge is 2.21. The van der Waals surface area contributed by atoms with Gasteiger partial charge in [-0.2, -0.15) is 0 Å². The molecule has 76 valence electrons. The topological polar surface area (TPSA) is 31.6 Å². The van der Waals surface area contributed by atoms with Crippen molar-refractivity contribution in [3.63, 3.8) is 0 Å². The molecule has 3 nitrogen and oxygen atoms in total. The summed E-state index contributed by atoms with van der Waals surface area (Å²) in [5.41, 5.74) is 2.02. The first-order valence-corrected chi connectivity index (χ1v) is 4.77. The summed E-state index contributed by atoms with van der Waals surface area (Å²) in [5, 5.41) is 0. The Balaban J connectivity index is 2.20. The van der Waals surface area contributed by atoms with Crippen LogP contribution in [0.2, 0.25) is 0 Å². The lowest BCUT2D eigenvalue weighted by Gasteiger charge is -2.15. The Morgan fingerprint density at radius 3 is 3.00 bits per heavy atom. The number of hydrogen-bond donors (Lipinski definition) is 0. The van der Waals surface area contributed by atoms with Gasteiger partial charge in [0.05, 0.1) is 12.7 Å². The minimum Gasteiger partial charge on any atom is -0.488 e. The summed E-state index contributed by atoms with van der Waals surface area (Å²) < 4.78 is 16.2. The predicted octanol–water partition coefficient (Wildman–Crippen LogP) is 2.85. The number of benzene rings is 1. The van der Waals surface area contributed by atoms with Crippen molar-refractivity contribution in [1.82, 2.24) is 0 Å². The summed E-state index contributed by atoms with van der Waals surface area (Å²) in [6.07, 6.45) is 0. The SMILES string of the molecule is COc1cc2c(o1)-c1ccccc1OC2. The van der Waals surface area contributed by atoms with Gasteiger partial charge in [-0.25, -0.2) is 0 Å². The van der Waals surface area contributed by atoms with Crippen LogP contribution < -0.4 is 9.47 Å². The Morgan fingerprint density at radius 1 is 1.27 bits per heavy atom. The van der Waals surface area contributed by atoms with E-state index < -0.39 is 0 Å². The van der Waals surface area contributed by atoms with E-state index in [0.29, 0.717) is 12.6 Å². The normalized spacial score (nSPS) is 12.6. The van der Waals surface area contributed by atoms with E-state index in [2.05, 4.69) is 0 Å². The smallest absolute Gasteiger partial charge is 0.284 e. The number of furan rings is 1. The molecular weight excluding hydrogens is 192 g/mol. The summed E-state index contributed by atoms with van der Waals surface area (Å²) in [7, 11) is 1.59. The third-order valence-corrected chi connectivity index (χ3v) is 2.50. The van der Waals surface area contributed by atoms with Crippen LogP contribution in [0, 0.1) is 0 Å². The minimum absolute atomic E-state index is 0.528. The van der Waals surface area contributed by atoms with Crippen LogP contribution in [-0.4, -0.2) is 7.11 Å². The third kappa shape index (κ3) is 1.20. The summed E-state index contributed by atoms with van der Waals surface area (Å²) >= 11 is 0. The Bertz CT molecular complexity index is 499. The van der Waals surface area contributed by atoms with Gasteiger partial charge in [0.1, 0.15) is 18.1 Å². The molecule has 0 N–H and O–H groups in total. The number of hydrogen-bond acceptors (Lipinski definition) is 3. The molecule has 0 fully saturated rings. The lowest BCUT2D eigenvalue weighted by Crippen LogP contribution is -2.02. The fraction of sp³-hybridized carbons (Fsp3) is 0.167. The van der Waals surface area contributed by atoms with Gasteiger partial charge in [0.15, 0.2) is 0 Å². The van der Waals surface area contributed by atoms with Crippen molar-refractivity contribution in [2.45, 2.75) is 6.61 Å². The average molecular weight is 202 g/mol. The number of para-hydroxylation sites is 1. The van der Waals surface area contributed by atoms with E-state index in [1.54, 1.807) is 7.11 Å². The van der Waals surface area contributed by atoms with E-state index in [9.17, 15) is 0 Å². The predicted molar refractivity (Wildman–Crippen MR) is 55.0 cm³/mol. The van der Waals surface area contributed by atoms with E-state index in [1.807, 2.05) is 30.3 Å². The van der Waals surface area contributed by atoms with Gasteiger partial charge in [-0.1, -0.05) is 12.1 Å². The van der Waals surface area contributed by atoms with Crippen LogP contribution in [0.15, 0.2) is 34.7 Å². The second kappa shape index (κ2) is 3.05. The van der Waals surface area contributed by atoms with Gasteiger partial charge in [-0.15, -0.1) is 0 Å². The molecule has 3 heteroatoms. The fourth-order valence-corrected chi connectivity index (χ4v) is 1.77. The average Bonchev–Trinajstić information content (AvgIpc) is 2.72. The van der Waals surface area contributed by atoms with Gasteiger partial charge in [0.2, 0.25) is 0 Å². The van der Waals surface area contributed by atoms with E-state index in [-0.39, 0.29) is 0 Å². The zero-order valence-corrected chi connectivity index (χ0v) is 8.32. The molecule has 1 aliphatic rings. The lowest BCUT2D eigenvalue weighted by molar-refractivity contribution is 0.292. The largest absolute Gasteiger partial charge is 0.488 e. The molecule has 0 bridgehead atoms. The highest BCUT2D eigenvalue weighted by Crippen LogP contribution is 2.40. The molecule has 2 heterocycles. The van der Waals surface area contributed by atoms with Crippen LogP contribution in [0.25, 0.3) is 11.3 Å². The number of fused-ring (bicyclic) bond motifs is 3. The molecule has 2 aromatic rings. The Morgan fingerprint density at radius 2 is 2.13 bits per heavy atom. The molecule has 0 unspecified atom stereocenters. The van der Waals surface area contributed by atoms with Crippen molar-refractivity contribution in [3.05, 3.63) is 35.9 Å². The highest BCUT2D eigenvalue weighted by atomic mass is 16.6. The third-order valence-electron chi connectivity index (χ3n) is 2.50. The second-order valence-electron chi connectivity index (χ2n) is 3.41. The summed E-state index contributed by atoms with van der Waals surface area (Å²) in [4.78, 5) is 0. The maximum absolute atomic E-state index is 5.59. The van der Waals surface area contributed by atoms with Crippen molar-refractivity contribution >= 4 is 0 Å². The van der Waals surface area contributed by atoms with Gasteiger partial charge >= 0.3 is 0 Å². The number of methoxy groups -OCH3 is 1. The van der Waals surface area contributed by atoms with Crippen molar-refractivity contribution in [2.24, 2.45) is 0 Å². The molecule has 15 heavy (non-hydrogen) atoms. The monoisotopic (exact) mass is 202 g/mol. The molecule has 0 spiro atoms. The van der Waals surface area contributed by atoms with Gasteiger partial charge < -0.3 is 13.9 Å². The van der Waals surface area contributed by atoms with Gasteiger partial charge in [-0.3, -0.25) is 0 Å². The van der Waals surface area contributed by atoms with Crippen LogP contribution in [0.4, 0.5) is 0 Å². The van der Waals surface area contributed by atoms with E-state index in [4.69, 9.17) is 13.9 Å². The zero-order chi connectivity index (χ0) is 10.3. The van der Waals surface area contributed by atoms with Crippen LogP contribution in [0.5, 0.6) is 11.7 Å². The van der Waals surface area contributed by atoms with Gasteiger partial charge in [0.25, 0.3) is 5.95 Å². The quantitative estimate of drug-likeness (QED) is 0.712. The van der Waals surface area contributed by atoms with E-state index in [0.717, 1.165) is 22.6 Å². The summed E-state index contributed by atoms with van der Waals surface area (Å²) in [5.74, 6) is 2.25. The molecule has 0 radical (unpaired) electrons. The van der Waals surface area contributed by atoms with Crippen molar-refractivity contribution in [3.8, 4) is 23.0 Å². The standard InChI is InChI=1S/C12H10O3/c1-13-11-6-8-7-14-10-5-3-2-4-9(10)12(8)15-11/h2-6H,7H2,1H3. The number of ether oxygens (including phenoxy) is 2. The minimum atomic E-state index is 0.528. The summed E-state index contributed by atoms with van der Waals surface area (Å²) in [6, 6.07) is 9.70. The molecule has 3 rings (SSSR count). The maximum atomic E-state index is 5.59. The molecule has 0 saturated carbocycles. The Labute approximate surface area is 87.2 Å². The number of rotatable bonds is 1. The molecule has 1 aromatic carbocycles. The van der Waals surface area contributed by atoms with Crippen LogP contribution in [0.1, 0.15) is 5.56 Å². The molecule has 0 atom stereocenters. The Kier molecular flexibility index (Phi) is 1.71. The first kappa shape index (κ1) is 8.41. The van der Waals surface area contributed by atoms with Gasteiger partial charge in [0, 0.05) is 11.6 Å². The van der Waals surface area contributed by atoms with Crippen molar-refractivity contribution < 1.29 is 13.9 Å². The van der Waals surface area contributed by atoms with Crippen molar-refractivity contribution in [1.29, 1.82) is 0 Å². The van der Waals surface area contributed by atoms with E-state index >= 15 is 0 Å². The molecule has 0 aliphatic carbocycles. The lowest BCUT2D eigenvalue weighted by atomic mass is 10.1. The Hall–Kier alpha value is -1.90. The van der Waals surface area contributed by atoms with Crippen LogP contribution >= 0.6 is 0 Å². The molecule has 0 saturated heterocycles. The maximum Gasteiger partial charge on any atom is 0.284 e. The second-order valence-corrected chi connectivity index (χ2v) is 3.41. The molecule has 1 aliphatic heterocycles. The highest BCUT2D eigenvalue weighted by molar-refractivity contribution is 5.71. The first-order valence-electron chi connectivity index (χ1n) is 4.77. The van der Waals surface area contributed by atoms with E-state index in [1.165, 1.54) is 0 Å². The zero-order valence-electron chi connectivity index (χ0n) is 8.32.